The fraction of sp³-hybridized carbons (Fsp3) is 0.125. The van der Waals surface area contributed by atoms with E-state index in [9.17, 15) is 8.78 Å². The van der Waals surface area contributed by atoms with Gasteiger partial charge in [-0.2, -0.15) is 0 Å². The molecule has 0 heterocycles. The highest BCUT2D eigenvalue weighted by atomic mass is 35.5. The van der Waals surface area contributed by atoms with Gasteiger partial charge in [-0.05, 0) is 0 Å². The topological polar surface area (TPSA) is 32.6 Å². The fourth-order valence-electron chi connectivity index (χ4n) is 0.824. The van der Waals surface area contributed by atoms with Gasteiger partial charge in [0.15, 0.2) is 5.17 Å². The first-order valence-corrected chi connectivity index (χ1v) is 3.79. The second-order valence-corrected chi connectivity index (χ2v) is 2.67. The molecule has 70 valence electrons. The van der Waals surface area contributed by atoms with E-state index in [0.717, 1.165) is 0 Å². The average molecular weight is 206 g/mol. The van der Waals surface area contributed by atoms with Gasteiger partial charge in [0.1, 0.15) is 0 Å². The number of alkyl halides is 2. The number of oxime groups is 1. The molecule has 0 aromatic heterocycles. The molecular weight excluding hydrogens is 200 g/mol. The summed E-state index contributed by atoms with van der Waals surface area (Å²) in [6.07, 6.45) is -2.50. The molecule has 0 spiro atoms. The minimum Gasteiger partial charge on any atom is -0.410 e. The minimum absolute atomic E-state index is 0.0915. The standard InChI is InChI=1S/C8H6ClF2NO/c9-7(12-13)5-1-3-6(4-2-5)8(10)11/h1-4,8,13H/b12-7-. The molecule has 0 unspecified atom stereocenters. The summed E-state index contributed by atoms with van der Waals surface area (Å²) < 4.78 is 24.1. The summed E-state index contributed by atoms with van der Waals surface area (Å²) >= 11 is 5.44. The molecule has 0 saturated heterocycles. The molecule has 0 aliphatic carbocycles. The number of hydrogen-bond acceptors (Lipinski definition) is 2. The van der Waals surface area contributed by atoms with Gasteiger partial charge in [-0.1, -0.05) is 41.0 Å². The Hall–Kier alpha value is -1.16. The number of nitrogens with zero attached hydrogens (tertiary/aromatic N) is 1. The van der Waals surface area contributed by atoms with Gasteiger partial charge >= 0.3 is 0 Å². The zero-order chi connectivity index (χ0) is 9.84. The first kappa shape index (κ1) is 9.92. The Bertz CT molecular complexity index is 310. The van der Waals surface area contributed by atoms with Crippen LogP contribution >= 0.6 is 11.6 Å². The molecule has 0 amide bonds. The SMILES string of the molecule is O/N=C(\Cl)c1ccc(C(F)F)cc1. The minimum atomic E-state index is -2.50. The highest BCUT2D eigenvalue weighted by Crippen LogP contribution is 2.19. The van der Waals surface area contributed by atoms with Gasteiger partial charge in [0.25, 0.3) is 6.43 Å². The van der Waals surface area contributed by atoms with E-state index < -0.39 is 6.43 Å². The molecule has 2 nitrogen and oxygen atoms in total. The van der Waals surface area contributed by atoms with E-state index in [0.29, 0.717) is 5.56 Å². The van der Waals surface area contributed by atoms with Gasteiger partial charge < -0.3 is 5.21 Å². The number of halogens is 3. The lowest BCUT2D eigenvalue weighted by molar-refractivity contribution is 0.151. The van der Waals surface area contributed by atoms with Crippen molar-refractivity contribution in [3.63, 3.8) is 0 Å². The Morgan fingerprint density at radius 2 is 1.85 bits per heavy atom. The second-order valence-electron chi connectivity index (χ2n) is 2.31. The predicted molar refractivity (Wildman–Crippen MR) is 45.6 cm³/mol. The third-order valence-electron chi connectivity index (χ3n) is 1.49. The normalized spacial score (nSPS) is 12.2. The van der Waals surface area contributed by atoms with Crippen molar-refractivity contribution >= 4 is 16.8 Å². The van der Waals surface area contributed by atoms with Crippen LogP contribution < -0.4 is 0 Å². The van der Waals surface area contributed by atoms with Crippen LogP contribution in [0.1, 0.15) is 17.6 Å². The van der Waals surface area contributed by atoms with E-state index in [1.807, 2.05) is 0 Å². The molecule has 0 bridgehead atoms. The Kier molecular flexibility index (Phi) is 3.19. The molecule has 1 aromatic rings. The van der Waals surface area contributed by atoms with E-state index in [-0.39, 0.29) is 10.7 Å². The zero-order valence-corrected chi connectivity index (χ0v) is 7.17. The Labute approximate surface area is 78.4 Å². The van der Waals surface area contributed by atoms with Crippen molar-refractivity contribution in [1.29, 1.82) is 0 Å². The molecule has 1 rings (SSSR count). The highest BCUT2D eigenvalue weighted by molar-refractivity contribution is 6.69. The number of hydrogen-bond donors (Lipinski definition) is 1. The van der Waals surface area contributed by atoms with Gasteiger partial charge in [0.05, 0.1) is 0 Å². The lowest BCUT2D eigenvalue weighted by Crippen LogP contribution is -1.92. The number of rotatable bonds is 2. The molecule has 1 aromatic carbocycles. The predicted octanol–water partition coefficient (Wildman–Crippen LogP) is 3.00. The largest absolute Gasteiger partial charge is 0.410 e. The van der Waals surface area contributed by atoms with Gasteiger partial charge in [0, 0.05) is 11.1 Å². The van der Waals surface area contributed by atoms with E-state index in [4.69, 9.17) is 16.8 Å². The maximum atomic E-state index is 12.1. The first-order valence-electron chi connectivity index (χ1n) is 3.41. The Morgan fingerprint density at radius 1 is 1.31 bits per heavy atom. The monoisotopic (exact) mass is 205 g/mol. The maximum absolute atomic E-state index is 12.1. The van der Waals surface area contributed by atoms with Crippen LogP contribution in [0.3, 0.4) is 0 Å². The van der Waals surface area contributed by atoms with Crippen molar-refractivity contribution < 1.29 is 14.0 Å². The third kappa shape index (κ3) is 2.39. The molecule has 0 atom stereocenters. The van der Waals surface area contributed by atoms with E-state index >= 15 is 0 Å². The van der Waals surface area contributed by atoms with Gasteiger partial charge in [-0.3, -0.25) is 0 Å². The third-order valence-corrected chi connectivity index (χ3v) is 1.78. The van der Waals surface area contributed by atoms with E-state index in [1.165, 1.54) is 24.3 Å². The molecule has 0 saturated carbocycles. The molecule has 0 aliphatic heterocycles. The molecule has 13 heavy (non-hydrogen) atoms. The van der Waals surface area contributed by atoms with Crippen LogP contribution in [0.25, 0.3) is 0 Å². The summed E-state index contributed by atoms with van der Waals surface area (Å²) in [4.78, 5) is 0. The van der Waals surface area contributed by atoms with Crippen molar-refractivity contribution in [1.82, 2.24) is 0 Å². The van der Waals surface area contributed by atoms with Crippen molar-refractivity contribution in [3.8, 4) is 0 Å². The quantitative estimate of drug-likeness (QED) is 0.449. The molecule has 1 N–H and O–H groups in total. The second kappa shape index (κ2) is 4.18. The molecule has 0 aliphatic rings. The van der Waals surface area contributed by atoms with Crippen LogP contribution in [0.2, 0.25) is 0 Å². The lowest BCUT2D eigenvalue weighted by Gasteiger charge is -2.00. The van der Waals surface area contributed by atoms with Crippen LogP contribution in [0.5, 0.6) is 0 Å². The zero-order valence-electron chi connectivity index (χ0n) is 6.42. The van der Waals surface area contributed by atoms with Crippen molar-refractivity contribution in [2.45, 2.75) is 6.43 Å². The smallest absolute Gasteiger partial charge is 0.263 e. The van der Waals surface area contributed by atoms with Crippen molar-refractivity contribution in [3.05, 3.63) is 35.4 Å². The fourth-order valence-corrected chi connectivity index (χ4v) is 0.950. The number of benzene rings is 1. The molecular formula is C8H6ClF2NO. The molecule has 5 heteroatoms. The van der Waals surface area contributed by atoms with E-state index in [1.54, 1.807) is 0 Å². The Balaban J connectivity index is 2.94. The van der Waals surface area contributed by atoms with Crippen molar-refractivity contribution in [2.75, 3.05) is 0 Å². The highest BCUT2D eigenvalue weighted by Gasteiger charge is 2.07. The van der Waals surface area contributed by atoms with Crippen molar-refractivity contribution in [2.24, 2.45) is 5.16 Å². The summed E-state index contributed by atoms with van der Waals surface area (Å²) in [6, 6.07) is 5.19. The summed E-state index contributed by atoms with van der Waals surface area (Å²) in [6.45, 7) is 0. The van der Waals surface area contributed by atoms with Crippen LogP contribution in [-0.4, -0.2) is 10.4 Å². The summed E-state index contributed by atoms with van der Waals surface area (Å²) in [7, 11) is 0. The summed E-state index contributed by atoms with van der Waals surface area (Å²) in [5.41, 5.74) is 0.305. The van der Waals surface area contributed by atoms with Gasteiger partial charge in [-0.25, -0.2) is 8.78 Å². The van der Waals surface area contributed by atoms with Crippen LogP contribution in [-0.2, 0) is 0 Å². The van der Waals surface area contributed by atoms with Gasteiger partial charge in [0.2, 0.25) is 0 Å². The average Bonchev–Trinajstić information content (AvgIpc) is 2.17. The van der Waals surface area contributed by atoms with E-state index in [2.05, 4.69) is 5.16 Å². The lowest BCUT2D eigenvalue weighted by atomic mass is 10.1. The maximum Gasteiger partial charge on any atom is 0.263 e. The van der Waals surface area contributed by atoms with Crippen LogP contribution in [0.4, 0.5) is 8.78 Å². The molecule has 0 radical (unpaired) electrons. The molecule has 0 fully saturated rings. The van der Waals surface area contributed by atoms with Crippen LogP contribution in [0.15, 0.2) is 29.4 Å². The first-order chi connectivity index (χ1) is 6.15. The Morgan fingerprint density at radius 3 is 2.23 bits per heavy atom. The summed E-state index contributed by atoms with van der Waals surface area (Å²) in [5, 5.41) is 10.9. The van der Waals surface area contributed by atoms with Gasteiger partial charge in [-0.15, -0.1) is 0 Å². The summed E-state index contributed by atoms with van der Waals surface area (Å²) in [5.74, 6) is 0. The van der Waals surface area contributed by atoms with Crippen LogP contribution in [0, 0.1) is 0 Å².